The second-order valence-corrected chi connectivity index (χ2v) is 5.63. The maximum atomic E-state index is 12.0. The van der Waals surface area contributed by atoms with Crippen LogP contribution in [-0.4, -0.2) is 24.5 Å². The highest BCUT2D eigenvalue weighted by molar-refractivity contribution is 5.92. The third-order valence-electron chi connectivity index (χ3n) is 3.73. The van der Waals surface area contributed by atoms with Crippen LogP contribution < -0.4 is 15.4 Å². The summed E-state index contributed by atoms with van der Waals surface area (Å²) in [4.78, 5) is 16.2. The topological polar surface area (TPSA) is 63.2 Å². The average molecular weight is 313 g/mol. The van der Waals surface area contributed by atoms with E-state index >= 15 is 0 Å². The van der Waals surface area contributed by atoms with Crippen LogP contribution in [0.5, 0.6) is 11.6 Å². The Morgan fingerprint density at radius 3 is 2.70 bits per heavy atom. The highest BCUT2D eigenvalue weighted by Gasteiger charge is 2.12. The SMILES string of the molecule is CNCC(C)C(=O)Nc1ccc(Oc2cccc(C)c2C)nc1. The molecule has 23 heavy (non-hydrogen) atoms. The zero-order valence-electron chi connectivity index (χ0n) is 14.0. The molecule has 1 aromatic carbocycles. The third kappa shape index (κ3) is 4.53. The molecule has 1 amide bonds. The molecule has 0 saturated carbocycles. The zero-order valence-corrected chi connectivity index (χ0v) is 14.0. The van der Waals surface area contributed by atoms with Gasteiger partial charge in [-0.15, -0.1) is 0 Å². The van der Waals surface area contributed by atoms with Crippen LogP contribution in [0, 0.1) is 19.8 Å². The first-order valence-electron chi connectivity index (χ1n) is 7.67. The van der Waals surface area contributed by atoms with Gasteiger partial charge in [0.2, 0.25) is 11.8 Å². The zero-order chi connectivity index (χ0) is 16.8. The van der Waals surface area contributed by atoms with Gasteiger partial charge in [-0.25, -0.2) is 4.98 Å². The molecule has 0 radical (unpaired) electrons. The normalized spacial score (nSPS) is 11.8. The summed E-state index contributed by atoms with van der Waals surface area (Å²) in [6.45, 7) is 6.56. The van der Waals surface area contributed by atoms with E-state index in [1.807, 2.05) is 46.0 Å². The van der Waals surface area contributed by atoms with Crippen molar-refractivity contribution < 1.29 is 9.53 Å². The fourth-order valence-corrected chi connectivity index (χ4v) is 2.13. The molecule has 5 heteroatoms. The molecule has 2 aromatic rings. The lowest BCUT2D eigenvalue weighted by atomic mass is 10.1. The Hall–Kier alpha value is -2.40. The van der Waals surface area contributed by atoms with Gasteiger partial charge in [0, 0.05) is 18.5 Å². The lowest BCUT2D eigenvalue weighted by Crippen LogP contribution is -2.28. The molecule has 0 saturated heterocycles. The minimum Gasteiger partial charge on any atom is -0.439 e. The highest BCUT2D eigenvalue weighted by atomic mass is 16.5. The number of rotatable bonds is 6. The summed E-state index contributed by atoms with van der Waals surface area (Å²) in [5.41, 5.74) is 2.92. The Labute approximate surface area is 137 Å². The summed E-state index contributed by atoms with van der Waals surface area (Å²) in [7, 11) is 1.82. The maximum Gasteiger partial charge on any atom is 0.228 e. The van der Waals surface area contributed by atoms with Gasteiger partial charge >= 0.3 is 0 Å². The summed E-state index contributed by atoms with van der Waals surface area (Å²) in [6, 6.07) is 9.45. The van der Waals surface area contributed by atoms with Gasteiger partial charge in [0.1, 0.15) is 5.75 Å². The van der Waals surface area contributed by atoms with Crippen LogP contribution in [0.3, 0.4) is 0 Å². The molecular weight excluding hydrogens is 290 g/mol. The molecule has 0 spiro atoms. The van der Waals surface area contributed by atoms with Gasteiger partial charge in [-0.1, -0.05) is 19.1 Å². The second kappa shape index (κ2) is 7.74. The van der Waals surface area contributed by atoms with Crippen molar-refractivity contribution in [2.45, 2.75) is 20.8 Å². The lowest BCUT2D eigenvalue weighted by molar-refractivity contribution is -0.119. The molecule has 0 aliphatic carbocycles. The number of pyridine rings is 1. The van der Waals surface area contributed by atoms with Crippen molar-refractivity contribution in [3.05, 3.63) is 47.7 Å². The number of benzene rings is 1. The summed E-state index contributed by atoms with van der Waals surface area (Å²) in [6.07, 6.45) is 1.60. The van der Waals surface area contributed by atoms with Gasteiger partial charge in [0.15, 0.2) is 0 Å². The molecule has 2 N–H and O–H groups in total. The average Bonchev–Trinajstić information content (AvgIpc) is 2.54. The van der Waals surface area contributed by atoms with E-state index in [9.17, 15) is 4.79 Å². The quantitative estimate of drug-likeness (QED) is 0.859. The Morgan fingerprint density at radius 2 is 2.04 bits per heavy atom. The molecule has 0 aliphatic rings. The number of ether oxygens (including phenoxy) is 1. The molecule has 0 bridgehead atoms. The van der Waals surface area contributed by atoms with Crippen molar-refractivity contribution in [2.75, 3.05) is 18.9 Å². The smallest absolute Gasteiger partial charge is 0.228 e. The predicted molar refractivity (Wildman–Crippen MR) is 91.9 cm³/mol. The number of amides is 1. The van der Waals surface area contributed by atoms with Crippen LogP contribution in [-0.2, 0) is 4.79 Å². The molecule has 5 nitrogen and oxygen atoms in total. The molecule has 0 fully saturated rings. The molecule has 0 aliphatic heterocycles. The van der Waals surface area contributed by atoms with E-state index in [2.05, 4.69) is 15.6 Å². The summed E-state index contributed by atoms with van der Waals surface area (Å²) in [5.74, 6) is 1.15. The largest absolute Gasteiger partial charge is 0.439 e. The van der Waals surface area contributed by atoms with E-state index in [-0.39, 0.29) is 11.8 Å². The maximum absolute atomic E-state index is 12.0. The van der Waals surface area contributed by atoms with Gasteiger partial charge < -0.3 is 15.4 Å². The first-order chi connectivity index (χ1) is 11.0. The van der Waals surface area contributed by atoms with E-state index < -0.39 is 0 Å². The highest BCUT2D eigenvalue weighted by Crippen LogP contribution is 2.26. The fourth-order valence-electron chi connectivity index (χ4n) is 2.13. The van der Waals surface area contributed by atoms with E-state index in [0.29, 0.717) is 18.1 Å². The number of carbonyl (C=O) groups is 1. The van der Waals surface area contributed by atoms with Crippen molar-refractivity contribution in [2.24, 2.45) is 5.92 Å². The lowest BCUT2D eigenvalue weighted by Gasteiger charge is -2.12. The van der Waals surface area contributed by atoms with Crippen LogP contribution in [0.4, 0.5) is 5.69 Å². The van der Waals surface area contributed by atoms with Gasteiger partial charge in [0.25, 0.3) is 0 Å². The first-order valence-corrected chi connectivity index (χ1v) is 7.67. The predicted octanol–water partition coefficient (Wildman–Crippen LogP) is 3.28. The molecule has 1 heterocycles. The van der Waals surface area contributed by atoms with Crippen LogP contribution in [0.15, 0.2) is 36.5 Å². The summed E-state index contributed by atoms with van der Waals surface area (Å²) in [5, 5.41) is 5.82. The van der Waals surface area contributed by atoms with Gasteiger partial charge in [0.05, 0.1) is 11.9 Å². The minimum absolute atomic E-state index is 0.0376. The third-order valence-corrected chi connectivity index (χ3v) is 3.73. The number of aryl methyl sites for hydroxylation is 1. The van der Waals surface area contributed by atoms with Crippen molar-refractivity contribution in [1.82, 2.24) is 10.3 Å². The summed E-state index contributed by atoms with van der Waals surface area (Å²) >= 11 is 0. The van der Waals surface area contributed by atoms with Crippen LogP contribution in [0.2, 0.25) is 0 Å². The van der Waals surface area contributed by atoms with E-state index in [0.717, 1.165) is 11.3 Å². The van der Waals surface area contributed by atoms with Crippen LogP contribution in [0.1, 0.15) is 18.1 Å². The Morgan fingerprint density at radius 1 is 1.26 bits per heavy atom. The molecule has 122 valence electrons. The number of hydrogen-bond acceptors (Lipinski definition) is 4. The van der Waals surface area contributed by atoms with Gasteiger partial charge in [-0.05, 0) is 44.2 Å². The summed E-state index contributed by atoms with van der Waals surface area (Å²) < 4.78 is 5.80. The van der Waals surface area contributed by atoms with E-state index in [1.54, 1.807) is 18.3 Å². The monoisotopic (exact) mass is 313 g/mol. The van der Waals surface area contributed by atoms with Crippen molar-refractivity contribution in [3.8, 4) is 11.6 Å². The number of hydrogen-bond donors (Lipinski definition) is 2. The van der Waals surface area contributed by atoms with Crippen LogP contribution in [0.25, 0.3) is 0 Å². The number of nitrogens with zero attached hydrogens (tertiary/aromatic N) is 1. The molecule has 1 unspecified atom stereocenters. The standard InChI is InChI=1S/C18H23N3O2/c1-12-6-5-7-16(14(12)3)23-17-9-8-15(11-20-17)21-18(22)13(2)10-19-4/h5-9,11,13,19H,10H2,1-4H3,(H,21,22). The number of aromatic nitrogens is 1. The molecule has 1 aromatic heterocycles. The number of nitrogens with one attached hydrogen (secondary N) is 2. The van der Waals surface area contributed by atoms with Gasteiger partial charge in [-0.2, -0.15) is 0 Å². The van der Waals surface area contributed by atoms with Crippen molar-refractivity contribution in [3.63, 3.8) is 0 Å². The Balaban J connectivity index is 2.02. The fraction of sp³-hybridized carbons (Fsp3) is 0.333. The number of carbonyl (C=O) groups excluding carboxylic acids is 1. The molecular formula is C18H23N3O2. The van der Waals surface area contributed by atoms with Crippen molar-refractivity contribution in [1.29, 1.82) is 0 Å². The van der Waals surface area contributed by atoms with Crippen molar-refractivity contribution >= 4 is 11.6 Å². The van der Waals surface area contributed by atoms with Crippen LogP contribution >= 0.6 is 0 Å². The molecule has 1 atom stereocenters. The van der Waals surface area contributed by atoms with Gasteiger partial charge in [-0.3, -0.25) is 4.79 Å². The Bertz CT molecular complexity index is 668. The van der Waals surface area contributed by atoms with E-state index in [1.165, 1.54) is 5.56 Å². The van der Waals surface area contributed by atoms with E-state index in [4.69, 9.17) is 4.74 Å². The first kappa shape index (κ1) is 17.0. The Kier molecular flexibility index (Phi) is 5.71. The minimum atomic E-state index is -0.106. The molecule has 2 rings (SSSR count). The second-order valence-electron chi connectivity index (χ2n) is 5.63. The number of anilines is 1.